The fraction of sp³-hybridized carbons (Fsp3) is 0.350. The van der Waals surface area contributed by atoms with E-state index in [1.165, 1.54) is 5.56 Å². The van der Waals surface area contributed by atoms with Gasteiger partial charge in [0.1, 0.15) is 5.75 Å². The molecule has 0 bridgehead atoms. The summed E-state index contributed by atoms with van der Waals surface area (Å²) >= 11 is 0. The molecule has 0 N–H and O–H groups in total. The lowest BCUT2D eigenvalue weighted by Gasteiger charge is -2.23. The molecule has 1 amide bonds. The Hall–Kier alpha value is -2.29. The first-order valence-corrected chi connectivity index (χ1v) is 7.91. The summed E-state index contributed by atoms with van der Waals surface area (Å²) in [6, 6.07) is 14.2. The first-order valence-electron chi connectivity index (χ1n) is 7.91. The average molecular weight is 311 g/mol. The SMILES string of the molecule is Cc1ccc(CN(C)C(=O)C(C)Oc2cc(C)ccc2C)cc1. The van der Waals surface area contributed by atoms with Crippen LogP contribution >= 0.6 is 0 Å². The summed E-state index contributed by atoms with van der Waals surface area (Å²) in [7, 11) is 1.81. The van der Waals surface area contributed by atoms with E-state index < -0.39 is 6.10 Å². The van der Waals surface area contributed by atoms with Crippen molar-refractivity contribution in [2.45, 2.75) is 40.3 Å². The van der Waals surface area contributed by atoms with Gasteiger partial charge in [0.05, 0.1) is 0 Å². The van der Waals surface area contributed by atoms with Crippen LogP contribution in [0.1, 0.15) is 29.2 Å². The monoisotopic (exact) mass is 311 g/mol. The van der Waals surface area contributed by atoms with Crippen LogP contribution in [0.3, 0.4) is 0 Å². The van der Waals surface area contributed by atoms with E-state index in [0.29, 0.717) is 6.54 Å². The Morgan fingerprint density at radius 3 is 2.30 bits per heavy atom. The number of rotatable bonds is 5. The topological polar surface area (TPSA) is 29.5 Å². The molecule has 0 saturated heterocycles. The summed E-state index contributed by atoms with van der Waals surface area (Å²) in [6.07, 6.45) is -0.508. The Bertz CT molecular complexity index is 677. The van der Waals surface area contributed by atoms with Gasteiger partial charge in [-0.15, -0.1) is 0 Å². The lowest BCUT2D eigenvalue weighted by atomic mass is 10.1. The van der Waals surface area contributed by atoms with E-state index in [9.17, 15) is 4.79 Å². The number of aryl methyl sites for hydroxylation is 3. The van der Waals surface area contributed by atoms with Gasteiger partial charge in [0.25, 0.3) is 5.91 Å². The van der Waals surface area contributed by atoms with Crippen molar-refractivity contribution in [1.29, 1.82) is 0 Å². The van der Waals surface area contributed by atoms with Crippen molar-refractivity contribution in [3.05, 3.63) is 64.7 Å². The number of carbonyl (C=O) groups excluding carboxylic acids is 1. The Morgan fingerprint density at radius 1 is 1.04 bits per heavy atom. The van der Waals surface area contributed by atoms with Gasteiger partial charge in [0, 0.05) is 13.6 Å². The van der Waals surface area contributed by atoms with Crippen LogP contribution in [0.5, 0.6) is 5.75 Å². The van der Waals surface area contributed by atoms with Gasteiger partial charge >= 0.3 is 0 Å². The third-order valence-corrected chi connectivity index (χ3v) is 3.91. The van der Waals surface area contributed by atoms with Crippen molar-refractivity contribution in [2.24, 2.45) is 0 Å². The number of hydrogen-bond donors (Lipinski definition) is 0. The van der Waals surface area contributed by atoms with Crippen LogP contribution in [0.25, 0.3) is 0 Å². The van der Waals surface area contributed by atoms with Gasteiger partial charge in [-0.3, -0.25) is 4.79 Å². The molecule has 0 saturated carbocycles. The van der Waals surface area contributed by atoms with Crippen LogP contribution in [-0.4, -0.2) is 24.0 Å². The summed E-state index contributed by atoms with van der Waals surface area (Å²) in [5, 5.41) is 0. The third-order valence-electron chi connectivity index (χ3n) is 3.91. The Kier molecular flexibility index (Phi) is 5.43. The highest BCUT2D eigenvalue weighted by atomic mass is 16.5. The highest BCUT2D eigenvalue weighted by Gasteiger charge is 2.20. The quantitative estimate of drug-likeness (QED) is 0.834. The number of benzene rings is 2. The molecule has 2 rings (SSSR count). The minimum atomic E-state index is -0.508. The number of nitrogens with zero attached hydrogens (tertiary/aromatic N) is 1. The second-order valence-corrected chi connectivity index (χ2v) is 6.21. The molecule has 0 radical (unpaired) electrons. The van der Waals surface area contributed by atoms with E-state index in [-0.39, 0.29) is 5.91 Å². The molecule has 0 aliphatic carbocycles. The molecular formula is C20H25NO2. The van der Waals surface area contributed by atoms with E-state index in [1.807, 2.05) is 39.1 Å². The molecule has 0 aromatic heterocycles. The Balaban J connectivity index is 2.00. The summed E-state index contributed by atoms with van der Waals surface area (Å²) in [6.45, 7) is 8.44. The van der Waals surface area contributed by atoms with E-state index in [0.717, 1.165) is 22.4 Å². The van der Waals surface area contributed by atoms with Crippen molar-refractivity contribution >= 4 is 5.91 Å². The first-order chi connectivity index (χ1) is 10.9. The molecule has 0 spiro atoms. The number of carbonyl (C=O) groups is 1. The van der Waals surface area contributed by atoms with Crippen molar-refractivity contribution in [2.75, 3.05) is 7.05 Å². The Labute approximate surface area is 138 Å². The van der Waals surface area contributed by atoms with Crippen LogP contribution in [0.15, 0.2) is 42.5 Å². The molecule has 1 unspecified atom stereocenters. The van der Waals surface area contributed by atoms with Crippen molar-refractivity contribution in [3.8, 4) is 5.75 Å². The van der Waals surface area contributed by atoms with Crippen molar-refractivity contribution < 1.29 is 9.53 Å². The predicted octanol–water partition coefficient (Wildman–Crippen LogP) is 4.04. The second kappa shape index (κ2) is 7.32. The molecule has 0 heterocycles. The smallest absolute Gasteiger partial charge is 0.263 e. The van der Waals surface area contributed by atoms with E-state index in [1.54, 1.807) is 11.8 Å². The van der Waals surface area contributed by atoms with Crippen LogP contribution in [0.2, 0.25) is 0 Å². The highest BCUT2D eigenvalue weighted by Crippen LogP contribution is 2.21. The van der Waals surface area contributed by atoms with Crippen LogP contribution in [0.4, 0.5) is 0 Å². The largest absolute Gasteiger partial charge is 0.481 e. The number of likely N-dealkylation sites (N-methyl/N-ethyl adjacent to an activating group) is 1. The van der Waals surface area contributed by atoms with Crippen LogP contribution < -0.4 is 4.74 Å². The van der Waals surface area contributed by atoms with E-state index in [4.69, 9.17) is 4.74 Å². The van der Waals surface area contributed by atoms with Crippen molar-refractivity contribution in [3.63, 3.8) is 0 Å². The number of hydrogen-bond acceptors (Lipinski definition) is 2. The summed E-state index contributed by atoms with van der Waals surface area (Å²) < 4.78 is 5.87. The maximum Gasteiger partial charge on any atom is 0.263 e. The van der Waals surface area contributed by atoms with Gasteiger partial charge in [-0.1, -0.05) is 42.0 Å². The number of ether oxygens (including phenoxy) is 1. The minimum absolute atomic E-state index is 0.0218. The standard InChI is InChI=1S/C20H25NO2/c1-14-7-10-18(11-8-14)13-21(5)20(22)17(4)23-19-12-15(2)6-9-16(19)3/h6-12,17H,13H2,1-5H3. The molecule has 2 aromatic carbocycles. The van der Waals surface area contributed by atoms with Gasteiger partial charge in [-0.25, -0.2) is 0 Å². The molecule has 2 aromatic rings. The van der Waals surface area contributed by atoms with Crippen LogP contribution in [0, 0.1) is 20.8 Å². The lowest BCUT2D eigenvalue weighted by molar-refractivity contribution is -0.137. The predicted molar refractivity (Wildman–Crippen MR) is 93.7 cm³/mol. The van der Waals surface area contributed by atoms with Gasteiger partial charge in [-0.2, -0.15) is 0 Å². The van der Waals surface area contributed by atoms with E-state index >= 15 is 0 Å². The molecule has 0 aliphatic rings. The van der Waals surface area contributed by atoms with Gasteiger partial charge in [0.2, 0.25) is 0 Å². The van der Waals surface area contributed by atoms with Gasteiger partial charge in [0.15, 0.2) is 6.10 Å². The lowest BCUT2D eigenvalue weighted by Crippen LogP contribution is -2.37. The molecule has 122 valence electrons. The fourth-order valence-corrected chi connectivity index (χ4v) is 2.43. The zero-order valence-corrected chi connectivity index (χ0v) is 14.6. The van der Waals surface area contributed by atoms with Crippen molar-refractivity contribution in [1.82, 2.24) is 4.90 Å². The fourth-order valence-electron chi connectivity index (χ4n) is 2.43. The maximum absolute atomic E-state index is 12.5. The zero-order chi connectivity index (χ0) is 17.0. The van der Waals surface area contributed by atoms with Gasteiger partial charge in [-0.05, 0) is 50.5 Å². The number of amides is 1. The molecule has 1 atom stereocenters. The molecule has 3 nitrogen and oxygen atoms in total. The minimum Gasteiger partial charge on any atom is -0.481 e. The molecule has 23 heavy (non-hydrogen) atoms. The Morgan fingerprint density at radius 2 is 1.65 bits per heavy atom. The molecule has 3 heteroatoms. The maximum atomic E-state index is 12.5. The normalized spacial score (nSPS) is 11.9. The summed E-state index contributed by atoms with van der Waals surface area (Å²) in [5.74, 6) is 0.751. The van der Waals surface area contributed by atoms with E-state index in [2.05, 4.69) is 31.2 Å². The summed E-state index contributed by atoms with van der Waals surface area (Å²) in [4.78, 5) is 14.2. The molecular weight excluding hydrogens is 286 g/mol. The molecule has 0 fully saturated rings. The zero-order valence-electron chi connectivity index (χ0n) is 14.6. The van der Waals surface area contributed by atoms with Crippen LogP contribution in [-0.2, 0) is 11.3 Å². The third kappa shape index (κ3) is 4.59. The summed E-state index contributed by atoms with van der Waals surface area (Å²) in [5.41, 5.74) is 4.49. The second-order valence-electron chi connectivity index (χ2n) is 6.21. The highest BCUT2D eigenvalue weighted by molar-refractivity contribution is 5.80. The average Bonchev–Trinajstić information content (AvgIpc) is 2.52. The first kappa shape index (κ1) is 17.1. The molecule has 0 aliphatic heterocycles. The van der Waals surface area contributed by atoms with Gasteiger partial charge < -0.3 is 9.64 Å².